The molecule has 0 atom stereocenters. The van der Waals surface area contributed by atoms with Gasteiger partial charge < -0.3 is 14.4 Å². The van der Waals surface area contributed by atoms with Gasteiger partial charge in [0.15, 0.2) is 5.76 Å². The van der Waals surface area contributed by atoms with Crippen molar-refractivity contribution in [3.63, 3.8) is 0 Å². The van der Waals surface area contributed by atoms with Crippen molar-refractivity contribution >= 4 is 5.97 Å². The van der Waals surface area contributed by atoms with Gasteiger partial charge in [-0.2, -0.15) is 0 Å². The normalized spacial score (nSPS) is 14.4. The largest absolute Gasteiger partial charge is 0.481 e. The second-order valence-corrected chi connectivity index (χ2v) is 10.5. The molecule has 1 aliphatic carbocycles. The number of aliphatic carboxylic acids is 1. The number of aromatic nitrogens is 2. The minimum atomic E-state index is -0.735. The van der Waals surface area contributed by atoms with Crippen LogP contribution in [-0.2, 0) is 16.6 Å². The minimum Gasteiger partial charge on any atom is -0.481 e. The van der Waals surface area contributed by atoms with Crippen molar-refractivity contribution in [3.05, 3.63) is 89.2 Å². The fourth-order valence-electron chi connectivity index (χ4n) is 4.48. The molecule has 6 nitrogen and oxygen atoms in total. The zero-order chi connectivity index (χ0) is 25.5. The monoisotopic (exact) mass is 482 g/mol. The molecule has 2 aromatic heterocycles. The van der Waals surface area contributed by atoms with Gasteiger partial charge in [0.25, 0.3) is 0 Å². The summed E-state index contributed by atoms with van der Waals surface area (Å²) in [6, 6.07) is 21.8. The van der Waals surface area contributed by atoms with Gasteiger partial charge in [-0.25, -0.2) is 4.98 Å². The topological polar surface area (TPSA) is 85.5 Å². The van der Waals surface area contributed by atoms with Gasteiger partial charge >= 0.3 is 5.97 Å². The summed E-state index contributed by atoms with van der Waals surface area (Å²) in [5.74, 6) is 0.596. The summed E-state index contributed by atoms with van der Waals surface area (Å²) < 4.78 is 11.7. The standard InChI is InChI=1S/C30H30N2O4/c1-19-25(18-24-6-5-7-26(31-24)35-29(2,3)4)27(36-32-19)22-10-8-20(9-11-22)21-12-14-23(15-13-21)30(16-17-30)28(33)34/h5-15H,16-18H2,1-4H3,(H,33,34). The van der Waals surface area contributed by atoms with Crippen LogP contribution in [0.15, 0.2) is 71.3 Å². The maximum absolute atomic E-state index is 11.6. The van der Waals surface area contributed by atoms with E-state index < -0.39 is 11.4 Å². The lowest BCUT2D eigenvalue weighted by Gasteiger charge is -2.20. The quantitative estimate of drug-likeness (QED) is 0.320. The molecule has 6 heteroatoms. The van der Waals surface area contributed by atoms with Gasteiger partial charge in [-0.1, -0.05) is 59.8 Å². The Morgan fingerprint density at radius 2 is 1.58 bits per heavy atom. The first-order chi connectivity index (χ1) is 17.1. The van der Waals surface area contributed by atoms with Gasteiger partial charge in [-0.05, 0) is 63.3 Å². The third-order valence-electron chi connectivity index (χ3n) is 6.61. The van der Waals surface area contributed by atoms with Crippen molar-refractivity contribution < 1.29 is 19.2 Å². The number of ether oxygens (including phenoxy) is 1. The number of rotatable bonds is 7. The van der Waals surface area contributed by atoms with Crippen LogP contribution in [0.5, 0.6) is 5.88 Å². The summed E-state index contributed by atoms with van der Waals surface area (Å²) in [6.07, 6.45) is 2.00. The third kappa shape index (κ3) is 4.76. The Morgan fingerprint density at radius 3 is 2.17 bits per heavy atom. The molecule has 1 aliphatic rings. The van der Waals surface area contributed by atoms with Crippen molar-refractivity contribution in [1.82, 2.24) is 10.1 Å². The Bertz CT molecular complexity index is 1390. The summed E-state index contributed by atoms with van der Waals surface area (Å²) in [5, 5.41) is 13.8. The average Bonchev–Trinajstić information content (AvgIpc) is 3.58. The molecule has 4 aromatic rings. The van der Waals surface area contributed by atoms with Crippen LogP contribution in [0.25, 0.3) is 22.5 Å². The number of aryl methyl sites for hydroxylation is 1. The molecular weight excluding hydrogens is 452 g/mol. The predicted molar refractivity (Wildman–Crippen MR) is 138 cm³/mol. The van der Waals surface area contributed by atoms with Crippen LogP contribution in [0.3, 0.4) is 0 Å². The van der Waals surface area contributed by atoms with E-state index in [4.69, 9.17) is 9.26 Å². The second kappa shape index (κ2) is 8.94. The molecule has 0 saturated heterocycles. The summed E-state index contributed by atoms with van der Waals surface area (Å²) in [5.41, 5.74) is 5.63. The highest BCUT2D eigenvalue weighted by Crippen LogP contribution is 2.48. The van der Waals surface area contributed by atoms with Crippen LogP contribution in [0.2, 0.25) is 0 Å². The Morgan fingerprint density at radius 1 is 0.972 bits per heavy atom. The third-order valence-corrected chi connectivity index (χ3v) is 6.61. The molecule has 0 radical (unpaired) electrons. The van der Waals surface area contributed by atoms with Crippen molar-refractivity contribution in [1.29, 1.82) is 0 Å². The van der Waals surface area contributed by atoms with E-state index in [2.05, 4.69) is 10.1 Å². The van der Waals surface area contributed by atoms with Crippen LogP contribution in [0.1, 0.15) is 56.1 Å². The predicted octanol–water partition coefficient (Wildman–Crippen LogP) is 6.60. The van der Waals surface area contributed by atoms with E-state index in [-0.39, 0.29) is 5.60 Å². The maximum atomic E-state index is 11.6. The second-order valence-electron chi connectivity index (χ2n) is 10.5. The molecule has 36 heavy (non-hydrogen) atoms. The van der Waals surface area contributed by atoms with E-state index in [9.17, 15) is 9.90 Å². The number of carboxylic acids is 1. The SMILES string of the molecule is Cc1noc(-c2ccc(-c3ccc(C4(C(=O)O)CC4)cc3)cc2)c1Cc1cccc(OC(C)(C)C)n1. The molecule has 1 fully saturated rings. The van der Waals surface area contributed by atoms with Gasteiger partial charge in [0.1, 0.15) is 5.60 Å². The van der Waals surface area contributed by atoms with E-state index in [0.717, 1.165) is 45.0 Å². The van der Waals surface area contributed by atoms with Crippen LogP contribution in [0, 0.1) is 6.92 Å². The molecule has 1 N–H and O–H groups in total. The molecule has 184 valence electrons. The summed E-state index contributed by atoms with van der Waals surface area (Å²) >= 11 is 0. The van der Waals surface area contributed by atoms with Crippen molar-refractivity contribution in [2.24, 2.45) is 0 Å². The van der Waals surface area contributed by atoms with Gasteiger partial charge in [-0.3, -0.25) is 4.79 Å². The fraction of sp³-hybridized carbons (Fsp3) is 0.300. The van der Waals surface area contributed by atoms with E-state index >= 15 is 0 Å². The highest BCUT2D eigenvalue weighted by Gasteiger charge is 2.51. The first-order valence-electron chi connectivity index (χ1n) is 12.2. The van der Waals surface area contributed by atoms with E-state index in [0.29, 0.717) is 25.1 Å². The maximum Gasteiger partial charge on any atom is 0.314 e. The Balaban J connectivity index is 1.36. The lowest BCUT2D eigenvalue weighted by Crippen LogP contribution is -2.23. The highest BCUT2D eigenvalue weighted by atomic mass is 16.5. The molecular formula is C30H30N2O4. The first kappa shape index (κ1) is 23.8. The van der Waals surface area contributed by atoms with Crippen molar-refractivity contribution in [3.8, 4) is 28.3 Å². The van der Waals surface area contributed by atoms with Gasteiger partial charge in [0.05, 0.1) is 11.1 Å². The van der Waals surface area contributed by atoms with E-state index in [1.807, 2.05) is 94.4 Å². The van der Waals surface area contributed by atoms with Gasteiger partial charge in [0, 0.05) is 29.3 Å². The molecule has 0 amide bonds. The van der Waals surface area contributed by atoms with E-state index in [1.165, 1.54) is 0 Å². The molecule has 0 aliphatic heterocycles. The molecule has 1 saturated carbocycles. The van der Waals surface area contributed by atoms with Gasteiger partial charge in [0.2, 0.25) is 5.88 Å². The van der Waals surface area contributed by atoms with Crippen LogP contribution in [0.4, 0.5) is 0 Å². The summed E-state index contributed by atoms with van der Waals surface area (Å²) in [7, 11) is 0. The number of hydrogen-bond donors (Lipinski definition) is 1. The van der Waals surface area contributed by atoms with Gasteiger partial charge in [-0.15, -0.1) is 0 Å². The summed E-state index contributed by atoms with van der Waals surface area (Å²) in [4.78, 5) is 16.3. The number of pyridine rings is 1. The summed E-state index contributed by atoms with van der Waals surface area (Å²) in [6.45, 7) is 7.95. The zero-order valence-corrected chi connectivity index (χ0v) is 21.0. The molecule has 0 unspecified atom stereocenters. The highest BCUT2D eigenvalue weighted by molar-refractivity contribution is 5.85. The number of carboxylic acid groups (broad SMARTS) is 1. The molecule has 2 aromatic carbocycles. The molecule has 5 rings (SSSR count). The number of nitrogens with zero attached hydrogens (tertiary/aromatic N) is 2. The Hall–Kier alpha value is -3.93. The smallest absolute Gasteiger partial charge is 0.314 e. The lowest BCUT2D eigenvalue weighted by atomic mass is 9.93. The van der Waals surface area contributed by atoms with Crippen LogP contribution >= 0.6 is 0 Å². The number of carbonyl (C=O) groups is 1. The number of benzene rings is 2. The first-order valence-corrected chi connectivity index (χ1v) is 12.2. The van der Waals surface area contributed by atoms with Crippen molar-refractivity contribution in [2.75, 3.05) is 0 Å². The molecule has 0 bridgehead atoms. The van der Waals surface area contributed by atoms with Crippen LogP contribution < -0.4 is 4.74 Å². The fourth-order valence-corrected chi connectivity index (χ4v) is 4.48. The molecule has 0 spiro atoms. The van der Waals surface area contributed by atoms with Crippen molar-refractivity contribution in [2.45, 2.75) is 58.0 Å². The average molecular weight is 483 g/mol. The molecule has 2 heterocycles. The zero-order valence-electron chi connectivity index (χ0n) is 21.0. The Kier molecular flexibility index (Phi) is 5.91. The lowest BCUT2D eigenvalue weighted by molar-refractivity contribution is -0.140. The minimum absolute atomic E-state index is 0.318. The van der Waals surface area contributed by atoms with Crippen LogP contribution in [-0.4, -0.2) is 26.8 Å². The van der Waals surface area contributed by atoms with E-state index in [1.54, 1.807) is 0 Å². The number of hydrogen-bond acceptors (Lipinski definition) is 5. The Labute approximate surface area is 211 Å².